The molecule has 0 radical (unpaired) electrons. The van der Waals surface area contributed by atoms with Gasteiger partial charge in [-0.25, -0.2) is 0 Å². The van der Waals surface area contributed by atoms with Crippen LogP contribution in [0.15, 0.2) is 29.1 Å². The average molecular weight is 556 g/mol. The summed E-state index contributed by atoms with van der Waals surface area (Å²) in [6.45, 7) is 6.37. The number of nitrogens with one attached hydrogen (secondary N) is 3. The van der Waals surface area contributed by atoms with Gasteiger partial charge in [-0.1, -0.05) is 19.9 Å². The van der Waals surface area contributed by atoms with Gasteiger partial charge in [0.05, 0.1) is 33.1 Å². The molecule has 2 aromatic carbocycles. The first kappa shape index (κ1) is 30.3. The molecule has 0 saturated carbocycles. The van der Waals surface area contributed by atoms with E-state index in [9.17, 15) is 24.3 Å². The molecule has 1 aliphatic carbocycles. The Bertz CT molecular complexity index is 1360. The molecule has 11 heteroatoms. The minimum atomic E-state index is -1.17. The van der Waals surface area contributed by atoms with Gasteiger partial charge in [-0.2, -0.15) is 0 Å². The van der Waals surface area contributed by atoms with Gasteiger partial charge in [0, 0.05) is 12.5 Å². The Morgan fingerprint density at radius 3 is 2.23 bits per heavy atom. The van der Waals surface area contributed by atoms with Crippen molar-refractivity contribution in [3.8, 4) is 28.4 Å². The van der Waals surface area contributed by atoms with Gasteiger partial charge in [0.2, 0.25) is 23.0 Å². The number of benzene rings is 1. The molecule has 0 bridgehead atoms. The molecule has 0 fully saturated rings. The molecule has 3 atom stereocenters. The maximum absolute atomic E-state index is 13.6. The van der Waals surface area contributed by atoms with Crippen molar-refractivity contribution < 1.29 is 33.7 Å². The number of amides is 2. The number of aliphatic carboxylic acids is 1. The first-order chi connectivity index (χ1) is 18.9. The highest BCUT2D eigenvalue weighted by molar-refractivity contribution is 5.89. The lowest BCUT2D eigenvalue weighted by Crippen LogP contribution is -2.48. The molecule has 1 aliphatic rings. The number of carbonyl (C=O) groups excluding carboxylic acids is 2. The number of anilines is 1. The minimum absolute atomic E-state index is 0.146. The molecule has 0 spiro atoms. The third-order valence-electron chi connectivity index (χ3n) is 6.91. The Balaban J connectivity index is 2.23. The molecule has 0 unspecified atom stereocenters. The van der Waals surface area contributed by atoms with E-state index >= 15 is 0 Å². The molecule has 0 aliphatic heterocycles. The van der Waals surface area contributed by atoms with Gasteiger partial charge >= 0.3 is 5.97 Å². The van der Waals surface area contributed by atoms with Crippen LogP contribution in [0, 0.1) is 5.92 Å². The van der Waals surface area contributed by atoms with Crippen molar-refractivity contribution in [3.05, 3.63) is 45.6 Å². The van der Waals surface area contributed by atoms with E-state index in [-0.39, 0.29) is 17.5 Å². The fourth-order valence-corrected chi connectivity index (χ4v) is 4.89. The normalized spacial score (nSPS) is 15.4. The number of ether oxygens (including phenoxy) is 3. The molecule has 11 nitrogen and oxygen atoms in total. The Morgan fingerprint density at radius 2 is 1.68 bits per heavy atom. The molecule has 40 heavy (non-hydrogen) atoms. The van der Waals surface area contributed by atoms with Gasteiger partial charge in [0.1, 0.15) is 12.1 Å². The predicted molar refractivity (Wildman–Crippen MR) is 150 cm³/mol. The van der Waals surface area contributed by atoms with E-state index in [1.165, 1.54) is 41.2 Å². The zero-order valence-electron chi connectivity index (χ0n) is 23.8. The van der Waals surface area contributed by atoms with E-state index in [4.69, 9.17) is 14.2 Å². The maximum atomic E-state index is 13.6. The molecule has 2 amide bonds. The zero-order chi connectivity index (χ0) is 29.7. The summed E-state index contributed by atoms with van der Waals surface area (Å²) < 4.78 is 17.0. The summed E-state index contributed by atoms with van der Waals surface area (Å²) in [7, 11) is 4.57. The van der Waals surface area contributed by atoms with Crippen LogP contribution < -0.4 is 35.6 Å². The van der Waals surface area contributed by atoms with E-state index in [0.29, 0.717) is 46.8 Å². The van der Waals surface area contributed by atoms with Gasteiger partial charge in [0.15, 0.2) is 11.5 Å². The lowest BCUT2D eigenvalue weighted by molar-refractivity contribution is -0.141. The van der Waals surface area contributed by atoms with E-state index in [1.54, 1.807) is 26.0 Å². The lowest BCUT2D eigenvalue weighted by atomic mass is 9.95. The van der Waals surface area contributed by atoms with Crippen LogP contribution in [-0.4, -0.2) is 56.3 Å². The Kier molecular flexibility index (Phi) is 9.62. The second-order valence-electron chi connectivity index (χ2n) is 10.0. The number of methoxy groups -OCH3 is 3. The number of carboxylic acid groups (broad SMARTS) is 1. The van der Waals surface area contributed by atoms with Crippen molar-refractivity contribution >= 4 is 23.5 Å². The summed E-state index contributed by atoms with van der Waals surface area (Å²) >= 11 is 0. The average Bonchev–Trinajstić information content (AvgIpc) is 3.14. The molecule has 0 saturated heterocycles. The standard InChI is InChI=1S/C29H37N3O8/c1-14(2)25(28(35)30-15(3)29(36)37)32-21-11-9-18-19(13-22(21)34)20(31-16(4)33)10-8-17-12-23(38-5)26(39-6)27(40-7)24(17)18/h9,11-15,20,25H,8,10H2,1-7H3,(H,30,35)(H,31,33)(H,32,34)(H,36,37)/t15-,20-,25-/m0/s1. The van der Waals surface area contributed by atoms with Crippen LogP contribution in [-0.2, 0) is 20.8 Å². The Labute approximate surface area is 233 Å². The largest absolute Gasteiger partial charge is 0.493 e. The van der Waals surface area contributed by atoms with E-state index in [2.05, 4.69) is 16.0 Å². The third-order valence-corrected chi connectivity index (χ3v) is 6.91. The van der Waals surface area contributed by atoms with E-state index in [1.807, 2.05) is 6.07 Å². The highest BCUT2D eigenvalue weighted by Gasteiger charge is 2.30. The maximum Gasteiger partial charge on any atom is 0.325 e. The number of rotatable bonds is 10. The molecular weight excluding hydrogens is 518 g/mol. The van der Waals surface area contributed by atoms with Crippen LogP contribution in [0.2, 0.25) is 0 Å². The number of carbonyl (C=O) groups is 3. The number of aryl methyl sites for hydroxylation is 1. The van der Waals surface area contributed by atoms with Gasteiger partial charge in [-0.05, 0) is 60.6 Å². The van der Waals surface area contributed by atoms with Crippen LogP contribution in [0.1, 0.15) is 51.3 Å². The van der Waals surface area contributed by atoms with E-state index in [0.717, 1.165) is 5.56 Å². The summed E-state index contributed by atoms with van der Waals surface area (Å²) in [6, 6.07) is 4.20. The molecular formula is C29H37N3O8. The summed E-state index contributed by atoms with van der Waals surface area (Å²) in [5, 5.41) is 17.6. The third kappa shape index (κ3) is 6.30. The van der Waals surface area contributed by atoms with Gasteiger partial charge < -0.3 is 35.3 Å². The van der Waals surface area contributed by atoms with Crippen molar-refractivity contribution in [3.63, 3.8) is 0 Å². The van der Waals surface area contributed by atoms with Crippen LogP contribution in [0.5, 0.6) is 17.2 Å². The zero-order valence-corrected chi connectivity index (χ0v) is 23.8. The second kappa shape index (κ2) is 12.7. The molecule has 3 rings (SSSR count). The summed E-state index contributed by atoms with van der Waals surface area (Å²) in [5.74, 6) is -0.915. The Hall–Kier alpha value is -4.28. The quantitative estimate of drug-likeness (QED) is 0.347. The number of hydrogen-bond acceptors (Lipinski definition) is 8. The van der Waals surface area contributed by atoms with Crippen LogP contribution in [0.3, 0.4) is 0 Å². The van der Waals surface area contributed by atoms with Gasteiger partial charge in [-0.15, -0.1) is 0 Å². The number of hydrogen-bond donors (Lipinski definition) is 4. The monoisotopic (exact) mass is 555 g/mol. The molecule has 4 N–H and O–H groups in total. The Morgan fingerprint density at radius 1 is 1.00 bits per heavy atom. The van der Waals surface area contributed by atoms with Crippen molar-refractivity contribution in [2.75, 3.05) is 26.6 Å². The highest BCUT2D eigenvalue weighted by Crippen LogP contribution is 2.50. The first-order valence-corrected chi connectivity index (χ1v) is 13.0. The fourth-order valence-electron chi connectivity index (χ4n) is 4.89. The smallest absolute Gasteiger partial charge is 0.325 e. The summed E-state index contributed by atoms with van der Waals surface area (Å²) in [5.41, 5.74) is 2.58. The van der Waals surface area contributed by atoms with Crippen LogP contribution in [0.25, 0.3) is 11.1 Å². The fraction of sp³-hybridized carbons (Fsp3) is 0.448. The van der Waals surface area contributed by atoms with Gasteiger partial charge in [-0.3, -0.25) is 19.2 Å². The van der Waals surface area contributed by atoms with Crippen LogP contribution in [0.4, 0.5) is 5.69 Å². The van der Waals surface area contributed by atoms with Crippen molar-refractivity contribution in [1.82, 2.24) is 10.6 Å². The number of fused-ring (bicyclic) bond motifs is 3. The van der Waals surface area contributed by atoms with E-state index < -0.39 is 35.4 Å². The van der Waals surface area contributed by atoms with Crippen molar-refractivity contribution in [2.45, 2.75) is 58.7 Å². The first-order valence-electron chi connectivity index (χ1n) is 13.0. The highest BCUT2D eigenvalue weighted by atomic mass is 16.5. The second-order valence-corrected chi connectivity index (χ2v) is 10.0. The summed E-state index contributed by atoms with van der Waals surface area (Å²) in [4.78, 5) is 49.9. The SMILES string of the molecule is COc1cc2c(c(OC)c1OC)-c1ccc(N[C@H](C(=O)N[C@@H](C)C(=O)O)C(C)C)c(=O)cc1[C@@H](NC(C)=O)CC2. The lowest BCUT2D eigenvalue weighted by Gasteiger charge is -2.23. The van der Waals surface area contributed by atoms with Crippen molar-refractivity contribution in [2.24, 2.45) is 5.92 Å². The topological polar surface area (TPSA) is 152 Å². The molecule has 0 aromatic heterocycles. The van der Waals surface area contributed by atoms with Crippen molar-refractivity contribution in [1.29, 1.82) is 0 Å². The summed E-state index contributed by atoms with van der Waals surface area (Å²) in [6.07, 6.45) is 1.07. The predicted octanol–water partition coefficient (Wildman–Crippen LogP) is 2.89. The number of carboxylic acids is 1. The van der Waals surface area contributed by atoms with Crippen LogP contribution >= 0.6 is 0 Å². The minimum Gasteiger partial charge on any atom is -0.493 e. The molecule has 0 heterocycles. The molecule has 216 valence electrons. The van der Waals surface area contributed by atoms with Gasteiger partial charge in [0.25, 0.3) is 0 Å². The molecule has 2 aromatic rings.